The van der Waals surface area contributed by atoms with Crippen molar-refractivity contribution in [3.05, 3.63) is 12.2 Å². The molecule has 0 fully saturated rings. The molecule has 0 aliphatic rings. The smallest absolute Gasteiger partial charge is 0.305 e. The van der Waals surface area contributed by atoms with E-state index in [1.807, 2.05) is 0 Å². The molecular weight excluding hydrogens is 340 g/mol. The first-order valence-electron chi connectivity index (χ1n) is 11.3. The van der Waals surface area contributed by atoms with Gasteiger partial charge < -0.3 is 14.9 Å². The molecule has 4 heteroatoms. The van der Waals surface area contributed by atoms with Crippen molar-refractivity contribution in [1.82, 2.24) is 0 Å². The summed E-state index contributed by atoms with van der Waals surface area (Å²) in [7, 11) is 0. The highest BCUT2D eigenvalue weighted by molar-refractivity contribution is 5.69. The first kappa shape index (κ1) is 26.1. The maximum absolute atomic E-state index is 11.4. The van der Waals surface area contributed by atoms with E-state index in [2.05, 4.69) is 19.1 Å². The fourth-order valence-corrected chi connectivity index (χ4v) is 3.01. The zero-order chi connectivity index (χ0) is 20.0. The van der Waals surface area contributed by atoms with Gasteiger partial charge in [0.25, 0.3) is 0 Å². The van der Waals surface area contributed by atoms with E-state index in [0.29, 0.717) is 6.42 Å². The molecule has 0 aliphatic heterocycles. The molecule has 2 N–H and O–H groups in total. The van der Waals surface area contributed by atoms with Gasteiger partial charge in [0.15, 0.2) is 0 Å². The Labute approximate surface area is 167 Å². The SMILES string of the molecule is CCCCCCCC/C=C\CCCCCCCCCC(=O)OCC(O)CO. The van der Waals surface area contributed by atoms with Crippen molar-refractivity contribution < 1.29 is 19.7 Å². The van der Waals surface area contributed by atoms with Crippen LogP contribution < -0.4 is 0 Å². The van der Waals surface area contributed by atoms with Gasteiger partial charge in [-0.15, -0.1) is 0 Å². The van der Waals surface area contributed by atoms with E-state index in [1.165, 1.54) is 83.5 Å². The van der Waals surface area contributed by atoms with E-state index >= 15 is 0 Å². The van der Waals surface area contributed by atoms with Crippen LogP contribution >= 0.6 is 0 Å². The zero-order valence-electron chi connectivity index (χ0n) is 17.7. The number of hydrogen-bond donors (Lipinski definition) is 2. The average Bonchev–Trinajstić information content (AvgIpc) is 2.68. The van der Waals surface area contributed by atoms with Crippen molar-refractivity contribution in [3.8, 4) is 0 Å². The van der Waals surface area contributed by atoms with Crippen LogP contribution in [0.4, 0.5) is 0 Å². The lowest BCUT2D eigenvalue weighted by Gasteiger charge is -2.08. The molecule has 0 aromatic heterocycles. The molecule has 0 saturated carbocycles. The Bertz CT molecular complexity index is 341. The Balaban J connectivity index is 3.20. The molecule has 0 aromatic carbocycles. The predicted octanol–water partition coefficient (Wildman–Crippen LogP) is 5.70. The van der Waals surface area contributed by atoms with Crippen LogP contribution in [-0.2, 0) is 9.53 Å². The third-order valence-electron chi connectivity index (χ3n) is 4.79. The highest BCUT2D eigenvalue weighted by Crippen LogP contribution is 2.11. The minimum absolute atomic E-state index is 0.108. The lowest BCUT2D eigenvalue weighted by atomic mass is 10.1. The van der Waals surface area contributed by atoms with E-state index in [1.54, 1.807) is 0 Å². The molecule has 0 aromatic rings. The monoisotopic (exact) mass is 384 g/mol. The largest absolute Gasteiger partial charge is 0.463 e. The Hall–Kier alpha value is -0.870. The Morgan fingerprint density at radius 3 is 1.81 bits per heavy atom. The van der Waals surface area contributed by atoms with E-state index in [9.17, 15) is 4.79 Å². The minimum atomic E-state index is -0.959. The summed E-state index contributed by atoms with van der Waals surface area (Å²) in [6.07, 6.45) is 23.0. The minimum Gasteiger partial charge on any atom is -0.463 e. The summed E-state index contributed by atoms with van der Waals surface area (Å²) in [6.45, 7) is 1.78. The number of unbranched alkanes of at least 4 members (excludes halogenated alkanes) is 13. The van der Waals surface area contributed by atoms with Gasteiger partial charge in [-0.1, -0.05) is 83.3 Å². The molecule has 0 amide bonds. The summed E-state index contributed by atoms with van der Waals surface area (Å²) in [5, 5.41) is 17.7. The van der Waals surface area contributed by atoms with Crippen LogP contribution in [0.25, 0.3) is 0 Å². The molecule has 0 saturated heterocycles. The summed E-state index contributed by atoms with van der Waals surface area (Å²) in [5.74, 6) is -0.282. The number of carbonyl (C=O) groups excluding carboxylic acids is 1. The van der Waals surface area contributed by atoms with Gasteiger partial charge >= 0.3 is 5.97 Å². The summed E-state index contributed by atoms with van der Waals surface area (Å²) >= 11 is 0. The molecule has 27 heavy (non-hydrogen) atoms. The van der Waals surface area contributed by atoms with Crippen molar-refractivity contribution in [1.29, 1.82) is 0 Å². The number of carbonyl (C=O) groups is 1. The number of hydrogen-bond acceptors (Lipinski definition) is 4. The quantitative estimate of drug-likeness (QED) is 0.160. The van der Waals surface area contributed by atoms with E-state index < -0.39 is 6.10 Å². The Kier molecular flexibility index (Phi) is 20.7. The van der Waals surface area contributed by atoms with Gasteiger partial charge in [0.2, 0.25) is 0 Å². The molecule has 0 aliphatic carbocycles. The molecule has 0 bridgehead atoms. The van der Waals surface area contributed by atoms with E-state index in [-0.39, 0.29) is 19.2 Å². The second kappa shape index (κ2) is 21.4. The van der Waals surface area contributed by atoms with Gasteiger partial charge in [0, 0.05) is 6.42 Å². The summed E-state index contributed by atoms with van der Waals surface area (Å²) in [5.41, 5.74) is 0. The standard InChI is InChI=1S/C23H44O4/c1-2-3-4-5-6-7-8-9-10-11-12-13-14-15-16-17-18-19-23(26)27-21-22(25)20-24/h9-10,22,24-25H,2-8,11-21H2,1H3/b10-9-. The molecule has 1 atom stereocenters. The first-order valence-corrected chi connectivity index (χ1v) is 11.3. The Morgan fingerprint density at radius 2 is 1.30 bits per heavy atom. The fraction of sp³-hybridized carbons (Fsp3) is 0.870. The van der Waals surface area contributed by atoms with Crippen molar-refractivity contribution in [3.63, 3.8) is 0 Å². The highest BCUT2D eigenvalue weighted by atomic mass is 16.5. The van der Waals surface area contributed by atoms with Crippen LogP contribution in [0.1, 0.15) is 110 Å². The van der Waals surface area contributed by atoms with Crippen LogP contribution in [0.15, 0.2) is 12.2 Å². The van der Waals surface area contributed by atoms with E-state index in [0.717, 1.165) is 12.8 Å². The average molecular weight is 385 g/mol. The van der Waals surface area contributed by atoms with Gasteiger partial charge in [-0.05, 0) is 32.1 Å². The second-order valence-corrected chi connectivity index (χ2v) is 7.56. The van der Waals surface area contributed by atoms with Crippen LogP contribution in [0.2, 0.25) is 0 Å². The number of ether oxygens (including phenoxy) is 1. The van der Waals surface area contributed by atoms with Crippen LogP contribution in [0, 0.1) is 0 Å². The van der Waals surface area contributed by atoms with Gasteiger partial charge in [-0.2, -0.15) is 0 Å². The maximum Gasteiger partial charge on any atom is 0.305 e. The molecular formula is C23H44O4. The third-order valence-corrected chi connectivity index (χ3v) is 4.79. The predicted molar refractivity (Wildman–Crippen MR) is 113 cm³/mol. The molecule has 0 spiro atoms. The van der Waals surface area contributed by atoms with Crippen molar-refractivity contribution >= 4 is 5.97 Å². The number of rotatable bonds is 20. The van der Waals surface area contributed by atoms with Gasteiger partial charge in [0.1, 0.15) is 12.7 Å². The first-order chi connectivity index (χ1) is 13.2. The number of aliphatic hydroxyl groups is 2. The highest BCUT2D eigenvalue weighted by Gasteiger charge is 2.07. The molecule has 0 heterocycles. The van der Waals surface area contributed by atoms with Gasteiger partial charge in [-0.25, -0.2) is 0 Å². The summed E-state index contributed by atoms with van der Waals surface area (Å²) in [4.78, 5) is 11.4. The topological polar surface area (TPSA) is 66.8 Å². The fourth-order valence-electron chi connectivity index (χ4n) is 3.01. The van der Waals surface area contributed by atoms with Crippen molar-refractivity contribution in [2.24, 2.45) is 0 Å². The third kappa shape index (κ3) is 21.3. The number of allylic oxidation sites excluding steroid dienone is 2. The Morgan fingerprint density at radius 1 is 0.815 bits per heavy atom. The summed E-state index contributed by atoms with van der Waals surface area (Å²) in [6, 6.07) is 0. The molecule has 0 rings (SSSR count). The van der Waals surface area contributed by atoms with Crippen LogP contribution in [0.5, 0.6) is 0 Å². The zero-order valence-corrected chi connectivity index (χ0v) is 17.7. The molecule has 160 valence electrons. The maximum atomic E-state index is 11.4. The van der Waals surface area contributed by atoms with E-state index in [4.69, 9.17) is 14.9 Å². The number of aliphatic hydroxyl groups excluding tert-OH is 2. The molecule has 4 nitrogen and oxygen atoms in total. The lowest BCUT2D eigenvalue weighted by Crippen LogP contribution is -2.21. The number of esters is 1. The normalized spacial score (nSPS) is 12.6. The molecule has 0 radical (unpaired) electrons. The van der Waals surface area contributed by atoms with Crippen LogP contribution in [0.3, 0.4) is 0 Å². The van der Waals surface area contributed by atoms with Gasteiger partial charge in [0.05, 0.1) is 6.61 Å². The van der Waals surface area contributed by atoms with Crippen molar-refractivity contribution in [2.45, 2.75) is 116 Å². The summed E-state index contributed by atoms with van der Waals surface area (Å²) < 4.78 is 4.87. The molecule has 1 unspecified atom stereocenters. The van der Waals surface area contributed by atoms with Crippen LogP contribution in [-0.4, -0.2) is 35.5 Å². The van der Waals surface area contributed by atoms with Crippen molar-refractivity contribution in [2.75, 3.05) is 13.2 Å². The van der Waals surface area contributed by atoms with Gasteiger partial charge in [-0.3, -0.25) is 4.79 Å². The second-order valence-electron chi connectivity index (χ2n) is 7.56. The lowest BCUT2D eigenvalue weighted by molar-refractivity contribution is -0.147.